The molecule has 0 aromatic heterocycles. The maximum atomic E-state index is 13.4. The molecule has 0 aliphatic carbocycles. The SMILES string of the molecule is COc1ccccc1CNCc1cccc2c1C(S(=O)(=O)c1ccccc1)CS2(O)O. The van der Waals surface area contributed by atoms with Crippen LogP contribution in [0, 0.1) is 0 Å². The molecule has 6 nitrogen and oxygen atoms in total. The third-order valence-corrected chi connectivity index (χ3v) is 9.63. The third kappa shape index (κ3) is 4.22. The molecule has 4 rings (SSSR count). The zero-order chi connectivity index (χ0) is 22.1. The smallest absolute Gasteiger partial charge is 0.187 e. The summed E-state index contributed by atoms with van der Waals surface area (Å²) in [5, 5.41) is 2.33. The van der Waals surface area contributed by atoms with Gasteiger partial charge in [0.15, 0.2) is 9.84 Å². The van der Waals surface area contributed by atoms with Gasteiger partial charge in [-0.25, -0.2) is 8.42 Å². The minimum Gasteiger partial charge on any atom is -0.496 e. The molecule has 3 aromatic rings. The van der Waals surface area contributed by atoms with Crippen LogP contribution in [0.25, 0.3) is 0 Å². The fourth-order valence-electron chi connectivity index (χ4n) is 3.98. The predicted octanol–water partition coefficient (Wildman–Crippen LogP) is 4.62. The number of rotatable bonds is 7. The standard InChI is InChI=1S/C23H25NO5S2/c1-29-20-12-6-5-8-17(20)14-24-15-18-9-7-13-21-23(18)22(16-30(21,25)26)31(27,28)19-10-3-2-4-11-19/h2-13,22,24-26H,14-16H2,1H3. The number of methoxy groups -OCH3 is 1. The fourth-order valence-corrected chi connectivity index (χ4v) is 8.48. The summed E-state index contributed by atoms with van der Waals surface area (Å²) in [5.41, 5.74) is 2.23. The van der Waals surface area contributed by atoms with Crippen LogP contribution in [0.15, 0.2) is 82.6 Å². The topological polar surface area (TPSA) is 95.9 Å². The maximum Gasteiger partial charge on any atom is 0.187 e. The molecule has 0 radical (unpaired) electrons. The Kier molecular flexibility index (Phi) is 6.09. The van der Waals surface area contributed by atoms with E-state index in [9.17, 15) is 17.5 Å². The lowest BCUT2D eigenvalue weighted by atomic mass is 10.0. The molecule has 3 N–H and O–H groups in total. The van der Waals surface area contributed by atoms with Gasteiger partial charge in [-0.2, -0.15) is 10.6 Å². The number of benzene rings is 3. The Bertz CT molecular complexity index is 1180. The Hall–Kier alpha value is -2.36. The van der Waals surface area contributed by atoms with Crippen LogP contribution in [-0.4, -0.2) is 30.4 Å². The average molecular weight is 460 g/mol. The summed E-state index contributed by atoms with van der Waals surface area (Å²) in [6.45, 7) is 0.914. The minimum absolute atomic E-state index is 0.180. The highest BCUT2D eigenvalue weighted by Gasteiger charge is 2.44. The maximum absolute atomic E-state index is 13.4. The van der Waals surface area contributed by atoms with Crippen molar-refractivity contribution in [2.75, 3.05) is 12.9 Å². The van der Waals surface area contributed by atoms with E-state index < -0.39 is 25.7 Å². The van der Waals surface area contributed by atoms with Crippen molar-refractivity contribution in [3.05, 3.63) is 89.5 Å². The molecule has 0 amide bonds. The molecule has 8 heteroatoms. The van der Waals surface area contributed by atoms with E-state index >= 15 is 0 Å². The number of hydrogen-bond donors (Lipinski definition) is 3. The number of hydrogen-bond acceptors (Lipinski definition) is 6. The average Bonchev–Trinajstić information content (AvgIpc) is 3.07. The molecule has 1 aliphatic rings. The van der Waals surface area contributed by atoms with E-state index in [1.165, 1.54) is 0 Å². The van der Waals surface area contributed by atoms with Crippen LogP contribution in [0.4, 0.5) is 0 Å². The van der Waals surface area contributed by atoms with Crippen molar-refractivity contribution in [2.24, 2.45) is 0 Å². The largest absolute Gasteiger partial charge is 0.496 e. The van der Waals surface area contributed by atoms with Crippen molar-refractivity contribution in [3.8, 4) is 5.75 Å². The second-order valence-electron chi connectivity index (χ2n) is 7.42. The van der Waals surface area contributed by atoms with Crippen molar-refractivity contribution in [3.63, 3.8) is 0 Å². The summed E-state index contributed by atoms with van der Waals surface area (Å²) in [6, 6.07) is 21.0. The molecule has 0 bridgehead atoms. The molecule has 164 valence electrons. The molecule has 0 spiro atoms. The summed E-state index contributed by atoms with van der Waals surface area (Å²) >= 11 is 0. The lowest BCUT2D eigenvalue weighted by molar-refractivity contribution is 0.407. The van der Waals surface area contributed by atoms with Crippen molar-refractivity contribution >= 4 is 20.4 Å². The molecule has 31 heavy (non-hydrogen) atoms. The van der Waals surface area contributed by atoms with E-state index in [1.54, 1.807) is 49.6 Å². The highest BCUT2D eigenvalue weighted by atomic mass is 32.3. The van der Waals surface area contributed by atoms with Crippen molar-refractivity contribution in [2.45, 2.75) is 28.1 Å². The van der Waals surface area contributed by atoms with Gasteiger partial charge in [-0.05, 0) is 35.4 Å². The Morgan fingerprint density at radius 1 is 0.935 bits per heavy atom. The monoisotopic (exact) mass is 459 g/mol. The van der Waals surface area contributed by atoms with Gasteiger partial charge in [0.1, 0.15) is 11.0 Å². The van der Waals surface area contributed by atoms with E-state index in [0.717, 1.165) is 16.9 Å². The fraction of sp³-hybridized carbons (Fsp3) is 0.217. The Morgan fingerprint density at radius 2 is 1.58 bits per heavy atom. The molecule has 1 aliphatic heterocycles. The lowest BCUT2D eigenvalue weighted by Crippen LogP contribution is -2.19. The summed E-state index contributed by atoms with van der Waals surface area (Å²) in [6.07, 6.45) is 0. The van der Waals surface area contributed by atoms with Gasteiger partial charge in [0.25, 0.3) is 0 Å². The Morgan fingerprint density at radius 3 is 2.32 bits per heavy atom. The Balaban J connectivity index is 1.65. The summed E-state index contributed by atoms with van der Waals surface area (Å²) in [7, 11) is -5.35. The van der Waals surface area contributed by atoms with Crippen molar-refractivity contribution in [1.29, 1.82) is 0 Å². The van der Waals surface area contributed by atoms with Crippen molar-refractivity contribution in [1.82, 2.24) is 5.32 Å². The molecule has 1 heterocycles. The van der Waals surface area contributed by atoms with Gasteiger partial charge < -0.3 is 10.1 Å². The van der Waals surface area contributed by atoms with Crippen LogP contribution in [0.2, 0.25) is 0 Å². The third-order valence-electron chi connectivity index (χ3n) is 5.48. The van der Waals surface area contributed by atoms with Gasteiger partial charge in [0, 0.05) is 18.7 Å². The number of nitrogens with one attached hydrogen (secondary N) is 1. The van der Waals surface area contributed by atoms with Crippen LogP contribution in [0.1, 0.15) is 21.9 Å². The number of para-hydroxylation sites is 1. The van der Waals surface area contributed by atoms with Gasteiger partial charge in [-0.15, -0.1) is 0 Å². The molecule has 0 fully saturated rings. The second kappa shape index (κ2) is 8.64. The van der Waals surface area contributed by atoms with Gasteiger partial charge in [0.2, 0.25) is 0 Å². The number of ether oxygens (including phenoxy) is 1. The number of sulfone groups is 1. The van der Waals surface area contributed by atoms with Crippen LogP contribution in [0.5, 0.6) is 5.75 Å². The van der Waals surface area contributed by atoms with E-state index in [1.807, 2.05) is 30.3 Å². The van der Waals surface area contributed by atoms with Crippen LogP contribution in [0.3, 0.4) is 0 Å². The first-order chi connectivity index (χ1) is 14.8. The zero-order valence-corrected chi connectivity index (χ0v) is 18.7. The first-order valence-electron chi connectivity index (χ1n) is 9.84. The molecule has 1 atom stereocenters. The van der Waals surface area contributed by atoms with Gasteiger partial charge in [0.05, 0.1) is 22.7 Å². The highest BCUT2D eigenvalue weighted by molar-refractivity contribution is 8.25. The van der Waals surface area contributed by atoms with Gasteiger partial charge in [-0.3, -0.25) is 9.11 Å². The van der Waals surface area contributed by atoms with E-state index in [4.69, 9.17) is 4.74 Å². The molecular formula is C23H25NO5S2. The predicted molar refractivity (Wildman–Crippen MR) is 122 cm³/mol. The van der Waals surface area contributed by atoms with E-state index in [0.29, 0.717) is 23.5 Å². The summed E-state index contributed by atoms with van der Waals surface area (Å²) in [4.78, 5) is 0.508. The van der Waals surface area contributed by atoms with Gasteiger partial charge in [-0.1, -0.05) is 48.5 Å². The normalized spacial score (nSPS) is 18.4. The van der Waals surface area contributed by atoms with Crippen molar-refractivity contribution < 1.29 is 22.3 Å². The zero-order valence-electron chi connectivity index (χ0n) is 17.1. The van der Waals surface area contributed by atoms with Gasteiger partial charge >= 0.3 is 0 Å². The lowest BCUT2D eigenvalue weighted by Gasteiger charge is -2.27. The second-order valence-corrected chi connectivity index (χ2v) is 11.7. The Labute approximate surface area is 184 Å². The van der Waals surface area contributed by atoms with Crippen LogP contribution < -0.4 is 10.1 Å². The first-order valence-corrected chi connectivity index (χ1v) is 13.1. The molecule has 0 saturated heterocycles. The van der Waals surface area contributed by atoms with E-state index in [-0.39, 0.29) is 10.6 Å². The first kappa shape index (κ1) is 21.9. The minimum atomic E-state index is -3.78. The summed E-state index contributed by atoms with van der Waals surface area (Å²) < 4.78 is 53.4. The molecule has 0 saturated carbocycles. The number of fused-ring (bicyclic) bond motifs is 1. The summed E-state index contributed by atoms with van der Waals surface area (Å²) in [5.74, 6) is 0.551. The van der Waals surface area contributed by atoms with Crippen LogP contribution in [-0.2, 0) is 22.9 Å². The quantitative estimate of drug-likeness (QED) is 0.477. The highest BCUT2D eigenvalue weighted by Crippen LogP contribution is 2.62. The molecular weight excluding hydrogens is 434 g/mol. The molecule has 1 unspecified atom stereocenters. The van der Waals surface area contributed by atoms with E-state index in [2.05, 4.69) is 5.32 Å². The van der Waals surface area contributed by atoms with Crippen LogP contribution >= 0.6 is 10.6 Å². The molecule has 3 aromatic carbocycles.